The number of ether oxygens (including phenoxy) is 1. The second-order valence-electron chi connectivity index (χ2n) is 4.67. The Morgan fingerprint density at radius 2 is 1.80 bits per heavy atom. The Morgan fingerprint density at radius 1 is 1.12 bits per heavy atom. The highest BCUT2D eigenvalue weighted by atomic mass is 32.2. The summed E-state index contributed by atoms with van der Waals surface area (Å²) in [5.74, 6) is -5.00. The Morgan fingerprint density at radius 3 is 2.36 bits per heavy atom. The molecular formula is C15H12F2N2O5S. The van der Waals surface area contributed by atoms with Crippen molar-refractivity contribution < 1.29 is 31.5 Å². The van der Waals surface area contributed by atoms with Gasteiger partial charge in [-0.05, 0) is 36.4 Å². The molecule has 7 nitrogen and oxygen atoms in total. The van der Waals surface area contributed by atoms with E-state index in [1.54, 1.807) is 12.1 Å². The van der Waals surface area contributed by atoms with E-state index in [0.29, 0.717) is 0 Å². The van der Waals surface area contributed by atoms with Crippen molar-refractivity contribution in [3.63, 3.8) is 0 Å². The molecule has 132 valence electrons. The van der Waals surface area contributed by atoms with Crippen LogP contribution in [0.2, 0.25) is 0 Å². The molecule has 1 aromatic carbocycles. The molecule has 1 amide bonds. The van der Waals surface area contributed by atoms with Crippen LogP contribution in [-0.4, -0.2) is 37.6 Å². The molecule has 0 aliphatic carbocycles. The van der Waals surface area contributed by atoms with Gasteiger partial charge in [0.25, 0.3) is 5.91 Å². The average Bonchev–Trinajstić information content (AvgIpc) is 2.60. The van der Waals surface area contributed by atoms with Crippen molar-refractivity contribution in [1.82, 2.24) is 4.98 Å². The molecular weight excluding hydrogens is 358 g/mol. The van der Waals surface area contributed by atoms with E-state index < -0.39 is 39.0 Å². The third-order valence-corrected chi connectivity index (χ3v) is 4.31. The molecule has 0 aliphatic rings. The smallest absolute Gasteiger partial charge is 0.357 e. The van der Waals surface area contributed by atoms with Gasteiger partial charge in [0.2, 0.25) is 9.84 Å². The first-order chi connectivity index (χ1) is 11.8. The molecule has 1 heterocycles. The number of anilines is 1. The van der Waals surface area contributed by atoms with E-state index in [1.807, 2.05) is 0 Å². The summed E-state index contributed by atoms with van der Waals surface area (Å²) in [6.45, 7) is -0.591. The molecule has 1 aromatic heterocycles. The molecule has 0 spiro atoms. The van der Waals surface area contributed by atoms with Crippen LogP contribution in [0, 0.1) is 0 Å². The number of carbonyl (C=O) groups is 2. The van der Waals surface area contributed by atoms with Gasteiger partial charge in [0, 0.05) is 11.9 Å². The third-order valence-electron chi connectivity index (χ3n) is 2.91. The predicted octanol–water partition coefficient (Wildman–Crippen LogP) is 1.87. The van der Waals surface area contributed by atoms with Gasteiger partial charge < -0.3 is 10.1 Å². The Balaban J connectivity index is 1.92. The van der Waals surface area contributed by atoms with Gasteiger partial charge in [-0.3, -0.25) is 4.79 Å². The van der Waals surface area contributed by atoms with E-state index in [0.717, 1.165) is 24.3 Å². The largest absolute Gasteiger partial charge is 0.451 e. The zero-order chi connectivity index (χ0) is 18.4. The molecule has 0 aliphatic heterocycles. The van der Waals surface area contributed by atoms with Crippen LogP contribution in [0.4, 0.5) is 14.5 Å². The number of esters is 1. The number of hydrogen-bond donors (Lipinski definition) is 1. The van der Waals surface area contributed by atoms with Gasteiger partial charge in [0.1, 0.15) is 5.69 Å². The molecule has 0 radical (unpaired) electrons. The Hall–Kier alpha value is -2.88. The second kappa shape index (κ2) is 7.79. The molecule has 2 aromatic rings. The number of carbonyl (C=O) groups excluding carboxylic acids is 2. The summed E-state index contributed by atoms with van der Waals surface area (Å²) in [5.41, 5.74) is 0.198. The number of nitrogens with one attached hydrogen (secondary N) is 1. The topological polar surface area (TPSA) is 102 Å². The minimum Gasteiger partial charge on any atom is -0.451 e. The summed E-state index contributed by atoms with van der Waals surface area (Å²) in [4.78, 5) is 26.5. The normalized spacial score (nSPS) is 11.2. The fraction of sp³-hybridized carbons (Fsp3) is 0.133. The van der Waals surface area contributed by atoms with Crippen LogP contribution in [0.25, 0.3) is 0 Å². The number of rotatable bonds is 6. The first kappa shape index (κ1) is 18.5. The summed E-state index contributed by atoms with van der Waals surface area (Å²) in [6.07, 6.45) is 1.39. The van der Waals surface area contributed by atoms with Gasteiger partial charge in [-0.2, -0.15) is 8.78 Å². The average molecular weight is 370 g/mol. The van der Waals surface area contributed by atoms with Gasteiger partial charge in [0.05, 0.1) is 4.90 Å². The molecule has 0 bridgehead atoms. The summed E-state index contributed by atoms with van der Waals surface area (Å²) < 4.78 is 52.1. The molecule has 0 fully saturated rings. The van der Waals surface area contributed by atoms with Crippen molar-refractivity contribution in [3.05, 3.63) is 54.4 Å². The number of amides is 1. The Labute approximate surface area is 141 Å². The zero-order valence-electron chi connectivity index (χ0n) is 12.6. The summed E-state index contributed by atoms with van der Waals surface area (Å²) in [6, 6.07) is 8.79. The Bertz CT molecular complexity index is 855. The third kappa shape index (κ3) is 4.80. The molecule has 2 rings (SSSR count). The maximum absolute atomic E-state index is 12.4. The van der Waals surface area contributed by atoms with E-state index in [1.165, 1.54) is 12.3 Å². The summed E-state index contributed by atoms with van der Waals surface area (Å²) in [5, 5.41) is 2.34. The van der Waals surface area contributed by atoms with Crippen molar-refractivity contribution in [2.24, 2.45) is 0 Å². The van der Waals surface area contributed by atoms with Crippen molar-refractivity contribution in [3.8, 4) is 0 Å². The lowest BCUT2D eigenvalue weighted by atomic mass is 10.3. The Kier molecular flexibility index (Phi) is 5.75. The number of halogens is 2. The minimum atomic E-state index is -4.70. The molecule has 0 unspecified atom stereocenters. The zero-order valence-corrected chi connectivity index (χ0v) is 13.4. The molecule has 0 saturated carbocycles. The number of aromatic nitrogens is 1. The van der Waals surface area contributed by atoms with Gasteiger partial charge in [0.15, 0.2) is 6.61 Å². The van der Waals surface area contributed by atoms with Gasteiger partial charge in [-0.15, -0.1) is 0 Å². The lowest BCUT2D eigenvalue weighted by Gasteiger charge is -2.07. The highest BCUT2D eigenvalue weighted by Crippen LogP contribution is 2.20. The van der Waals surface area contributed by atoms with Crippen molar-refractivity contribution in [1.29, 1.82) is 0 Å². The number of nitrogens with zero attached hydrogens (tertiary/aromatic N) is 1. The van der Waals surface area contributed by atoms with Crippen molar-refractivity contribution in [2.45, 2.75) is 10.7 Å². The number of hydrogen-bond acceptors (Lipinski definition) is 6. The van der Waals surface area contributed by atoms with Crippen LogP contribution in [0.3, 0.4) is 0 Å². The number of alkyl halides is 2. The van der Waals surface area contributed by atoms with Gasteiger partial charge in [-0.25, -0.2) is 18.2 Å². The van der Waals surface area contributed by atoms with Gasteiger partial charge >= 0.3 is 11.7 Å². The van der Waals surface area contributed by atoms with Crippen LogP contribution in [-0.2, 0) is 19.4 Å². The maximum atomic E-state index is 12.4. The fourth-order valence-corrected chi connectivity index (χ4v) is 2.44. The number of sulfone groups is 1. The first-order valence-corrected chi connectivity index (χ1v) is 8.35. The monoisotopic (exact) mass is 370 g/mol. The quantitative estimate of drug-likeness (QED) is 0.779. The van der Waals surface area contributed by atoms with Crippen LogP contribution < -0.4 is 5.32 Å². The minimum absolute atomic E-state index is 0.0388. The summed E-state index contributed by atoms with van der Waals surface area (Å²) >= 11 is 0. The van der Waals surface area contributed by atoms with E-state index >= 15 is 0 Å². The van der Waals surface area contributed by atoms with E-state index in [2.05, 4.69) is 10.3 Å². The summed E-state index contributed by atoms with van der Waals surface area (Å²) in [7, 11) is -4.70. The van der Waals surface area contributed by atoms with E-state index in [-0.39, 0.29) is 11.4 Å². The standard InChI is InChI=1S/C15H12F2N2O5S/c16-15(17)25(22,23)11-6-4-10(5-7-11)19-13(20)9-24-14(21)12-3-1-2-8-18-12/h1-8,15H,9H2,(H,19,20). The van der Waals surface area contributed by atoms with Crippen LogP contribution in [0.5, 0.6) is 0 Å². The lowest BCUT2D eigenvalue weighted by Crippen LogP contribution is -2.21. The van der Waals surface area contributed by atoms with Gasteiger partial charge in [-0.1, -0.05) is 6.07 Å². The molecule has 25 heavy (non-hydrogen) atoms. The number of pyridine rings is 1. The van der Waals surface area contributed by atoms with Crippen molar-refractivity contribution >= 4 is 27.4 Å². The maximum Gasteiger partial charge on any atom is 0.357 e. The van der Waals surface area contributed by atoms with Crippen LogP contribution in [0.15, 0.2) is 53.6 Å². The second-order valence-corrected chi connectivity index (χ2v) is 6.59. The molecule has 10 heteroatoms. The fourth-order valence-electron chi connectivity index (χ4n) is 1.72. The lowest BCUT2D eigenvalue weighted by molar-refractivity contribution is -0.119. The van der Waals surface area contributed by atoms with Crippen LogP contribution in [0.1, 0.15) is 10.5 Å². The highest BCUT2D eigenvalue weighted by Gasteiger charge is 2.26. The first-order valence-electron chi connectivity index (χ1n) is 6.81. The predicted molar refractivity (Wildman–Crippen MR) is 82.8 cm³/mol. The SMILES string of the molecule is O=C(COC(=O)c1ccccn1)Nc1ccc(S(=O)(=O)C(F)F)cc1. The van der Waals surface area contributed by atoms with Crippen LogP contribution >= 0.6 is 0 Å². The molecule has 0 atom stereocenters. The number of benzene rings is 1. The molecule has 1 N–H and O–H groups in total. The van der Waals surface area contributed by atoms with Crippen molar-refractivity contribution in [2.75, 3.05) is 11.9 Å². The highest BCUT2D eigenvalue weighted by molar-refractivity contribution is 7.91. The molecule has 0 saturated heterocycles. The van der Waals surface area contributed by atoms with E-state index in [4.69, 9.17) is 4.74 Å². The van der Waals surface area contributed by atoms with E-state index in [9.17, 15) is 26.8 Å².